The number of carboxylic acid groups (broad SMARTS) is 2. The van der Waals surface area contributed by atoms with Crippen molar-refractivity contribution in [1.29, 1.82) is 0 Å². The number of nitrogens with one attached hydrogen (secondary N) is 1. The zero-order chi connectivity index (χ0) is 17.7. The Morgan fingerprint density at radius 2 is 1.54 bits per heavy atom. The van der Waals surface area contributed by atoms with Crippen LogP contribution < -0.4 is 5.32 Å². The number of carbonyl (C=O) groups is 3. The highest BCUT2D eigenvalue weighted by atomic mass is 16.4. The number of carboxylic acids is 2. The van der Waals surface area contributed by atoms with Gasteiger partial charge in [0, 0.05) is 0 Å². The number of aliphatic carboxylic acids is 1. The monoisotopic (exact) mass is 327 g/mol. The number of para-hydroxylation sites is 1. The van der Waals surface area contributed by atoms with E-state index in [-0.39, 0.29) is 17.0 Å². The Labute approximate surface area is 136 Å². The molecule has 0 bridgehead atoms. The molecule has 0 saturated heterocycles. The summed E-state index contributed by atoms with van der Waals surface area (Å²) in [6.45, 7) is 0. The van der Waals surface area contributed by atoms with Crippen LogP contribution in [0.4, 0.5) is 5.69 Å². The Morgan fingerprint density at radius 3 is 2.12 bits per heavy atom. The molecular weight excluding hydrogens is 314 g/mol. The maximum Gasteiger partial charge on any atom is 0.341 e. The van der Waals surface area contributed by atoms with Gasteiger partial charge in [0.2, 0.25) is 0 Å². The number of phenols is 1. The number of benzene rings is 2. The maximum atomic E-state index is 12.2. The first-order valence-corrected chi connectivity index (χ1v) is 6.76. The van der Waals surface area contributed by atoms with Crippen LogP contribution in [0.25, 0.3) is 6.08 Å². The molecule has 0 heterocycles. The number of carbonyl (C=O) groups excluding carboxylic acids is 1. The minimum atomic E-state index is -1.46. The highest BCUT2D eigenvalue weighted by Gasteiger charge is 2.20. The summed E-state index contributed by atoms with van der Waals surface area (Å²) in [6.07, 6.45) is 1.13. The van der Waals surface area contributed by atoms with Crippen molar-refractivity contribution in [3.8, 4) is 5.75 Å². The van der Waals surface area contributed by atoms with Crippen LogP contribution in [-0.4, -0.2) is 33.2 Å². The van der Waals surface area contributed by atoms with Crippen molar-refractivity contribution in [2.75, 3.05) is 5.32 Å². The third-order valence-corrected chi connectivity index (χ3v) is 3.08. The fourth-order valence-electron chi connectivity index (χ4n) is 1.93. The van der Waals surface area contributed by atoms with E-state index in [9.17, 15) is 24.6 Å². The number of aromatic hydroxyl groups is 1. The van der Waals surface area contributed by atoms with Gasteiger partial charge in [-0.15, -0.1) is 0 Å². The maximum absolute atomic E-state index is 12.2. The number of rotatable bonds is 5. The third-order valence-electron chi connectivity index (χ3n) is 3.08. The van der Waals surface area contributed by atoms with Crippen molar-refractivity contribution >= 4 is 29.6 Å². The van der Waals surface area contributed by atoms with Crippen LogP contribution in [0, 0.1) is 0 Å². The molecule has 7 nitrogen and oxygen atoms in total. The van der Waals surface area contributed by atoms with Crippen molar-refractivity contribution < 1.29 is 29.7 Å². The first kappa shape index (κ1) is 16.8. The van der Waals surface area contributed by atoms with Crippen molar-refractivity contribution in [1.82, 2.24) is 0 Å². The summed E-state index contributed by atoms with van der Waals surface area (Å²) >= 11 is 0. The van der Waals surface area contributed by atoms with E-state index in [0.29, 0.717) is 5.56 Å². The molecule has 0 aromatic heterocycles. The van der Waals surface area contributed by atoms with Crippen LogP contribution in [0.5, 0.6) is 5.75 Å². The fourth-order valence-corrected chi connectivity index (χ4v) is 1.93. The molecule has 1 amide bonds. The van der Waals surface area contributed by atoms with Gasteiger partial charge in [0.05, 0.1) is 11.3 Å². The first-order chi connectivity index (χ1) is 11.4. The van der Waals surface area contributed by atoms with Gasteiger partial charge in [-0.05, 0) is 35.9 Å². The zero-order valence-electron chi connectivity index (χ0n) is 12.3. The molecule has 2 aromatic carbocycles. The second-order valence-corrected chi connectivity index (χ2v) is 4.76. The number of hydrogen-bond donors (Lipinski definition) is 4. The van der Waals surface area contributed by atoms with Crippen LogP contribution in [0.3, 0.4) is 0 Å². The predicted octanol–water partition coefficient (Wildman–Crippen LogP) is 2.20. The molecular formula is C17H13NO6. The summed E-state index contributed by atoms with van der Waals surface area (Å²) in [4.78, 5) is 34.6. The van der Waals surface area contributed by atoms with E-state index >= 15 is 0 Å². The van der Waals surface area contributed by atoms with Crippen molar-refractivity contribution in [2.24, 2.45) is 0 Å². The van der Waals surface area contributed by atoms with E-state index in [4.69, 9.17) is 5.11 Å². The Morgan fingerprint density at radius 1 is 0.917 bits per heavy atom. The number of anilines is 1. The van der Waals surface area contributed by atoms with Gasteiger partial charge in [-0.1, -0.05) is 24.3 Å². The lowest BCUT2D eigenvalue weighted by molar-refractivity contribution is -0.134. The standard InChI is InChI=1S/C17H13NO6/c19-11-7-5-10(6-8-11)9-13(17(23)24)15(20)18-14-4-2-1-3-12(14)16(21)22/h1-9,19H,(H,18,20)(H,21,22)(H,23,24). The van der Waals surface area contributed by atoms with E-state index in [1.807, 2.05) is 0 Å². The lowest BCUT2D eigenvalue weighted by Gasteiger charge is -2.09. The van der Waals surface area contributed by atoms with Crippen LogP contribution in [0.2, 0.25) is 0 Å². The van der Waals surface area contributed by atoms with Gasteiger partial charge in [0.1, 0.15) is 11.3 Å². The summed E-state index contributed by atoms with van der Waals surface area (Å²) in [5, 5.41) is 29.8. The molecule has 0 atom stereocenters. The summed E-state index contributed by atoms with van der Waals surface area (Å²) in [6, 6.07) is 11.2. The largest absolute Gasteiger partial charge is 0.508 e. The van der Waals surface area contributed by atoms with Gasteiger partial charge in [-0.25, -0.2) is 9.59 Å². The second kappa shape index (κ2) is 7.10. The van der Waals surface area contributed by atoms with E-state index in [1.54, 1.807) is 0 Å². The fraction of sp³-hybridized carbons (Fsp3) is 0. The SMILES string of the molecule is O=C(O)C(=Cc1ccc(O)cc1)C(=O)Nc1ccccc1C(=O)O. The minimum Gasteiger partial charge on any atom is -0.508 e. The highest BCUT2D eigenvalue weighted by Crippen LogP contribution is 2.18. The highest BCUT2D eigenvalue weighted by molar-refractivity contribution is 6.24. The second-order valence-electron chi connectivity index (χ2n) is 4.76. The zero-order valence-corrected chi connectivity index (χ0v) is 12.3. The van der Waals surface area contributed by atoms with Crippen LogP contribution >= 0.6 is 0 Å². The Balaban J connectivity index is 2.32. The van der Waals surface area contributed by atoms with E-state index < -0.39 is 23.4 Å². The lowest BCUT2D eigenvalue weighted by atomic mass is 10.1. The molecule has 2 rings (SSSR count). The average Bonchev–Trinajstić information content (AvgIpc) is 2.54. The predicted molar refractivity (Wildman–Crippen MR) is 85.8 cm³/mol. The van der Waals surface area contributed by atoms with E-state index in [1.165, 1.54) is 48.5 Å². The smallest absolute Gasteiger partial charge is 0.341 e. The Hall–Kier alpha value is -3.61. The molecule has 0 radical (unpaired) electrons. The first-order valence-electron chi connectivity index (χ1n) is 6.76. The summed E-state index contributed by atoms with van der Waals surface area (Å²) in [7, 11) is 0. The van der Waals surface area contributed by atoms with Crippen LogP contribution in [0.1, 0.15) is 15.9 Å². The molecule has 0 aliphatic heterocycles. The number of hydrogen-bond acceptors (Lipinski definition) is 4. The summed E-state index contributed by atoms with van der Waals surface area (Å²) < 4.78 is 0. The normalized spacial score (nSPS) is 10.9. The van der Waals surface area contributed by atoms with Crippen LogP contribution in [0.15, 0.2) is 54.1 Å². The van der Waals surface area contributed by atoms with Crippen LogP contribution in [-0.2, 0) is 9.59 Å². The molecule has 0 spiro atoms. The molecule has 0 saturated carbocycles. The number of amides is 1. The molecule has 0 aliphatic rings. The van der Waals surface area contributed by atoms with Crippen molar-refractivity contribution in [3.05, 3.63) is 65.2 Å². The molecule has 0 aliphatic carbocycles. The molecule has 0 fully saturated rings. The number of aromatic carboxylic acids is 1. The third kappa shape index (κ3) is 3.98. The molecule has 0 unspecified atom stereocenters. The molecule has 2 aromatic rings. The summed E-state index contributed by atoms with van der Waals surface area (Å²) in [5.74, 6) is -3.66. The van der Waals surface area contributed by atoms with Crippen molar-refractivity contribution in [2.45, 2.75) is 0 Å². The minimum absolute atomic E-state index is 0.00358. The van der Waals surface area contributed by atoms with E-state index in [2.05, 4.69) is 5.32 Å². The van der Waals surface area contributed by atoms with Gasteiger partial charge in [-0.2, -0.15) is 0 Å². The van der Waals surface area contributed by atoms with E-state index in [0.717, 1.165) is 6.08 Å². The molecule has 122 valence electrons. The molecule has 24 heavy (non-hydrogen) atoms. The molecule has 7 heteroatoms. The average molecular weight is 327 g/mol. The molecule has 4 N–H and O–H groups in total. The van der Waals surface area contributed by atoms with Gasteiger partial charge >= 0.3 is 11.9 Å². The topological polar surface area (TPSA) is 124 Å². The van der Waals surface area contributed by atoms with Gasteiger partial charge in [0.25, 0.3) is 5.91 Å². The number of phenolic OH excluding ortho intramolecular Hbond substituents is 1. The Bertz CT molecular complexity index is 823. The lowest BCUT2D eigenvalue weighted by Crippen LogP contribution is -2.21. The quantitative estimate of drug-likeness (QED) is 0.379. The Kier molecular flexibility index (Phi) is 4.96. The van der Waals surface area contributed by atoms with Gasteiger partial charge < -0.3 is 20.6 Å². The van der Waals surface area contributed by atoms with Crippen molar-refractivity contribution in [3.63, 3.8) is 0 Å². The summed E-state index contributed by atoms with van der Waals surface area (Å²) in [5.41, 5.74) is -0.333. The van der Waals surface area contributed by atoms with Gasteiger partial charge in [-0.3, -0.25) is 4.79 Å². The van der Waals surface area contributed by atoms with Gasteiger partial charge in [0.15, 0.2) is 0 Å².